The average molecular weight is 554 g/mol. The van der Waals surface area contributed by atoms with Gasteiger partial charge in [-0.3, -0.25) is 0 Å². The Morgan fingerprint density at radius 3 is 2.19 bits per heavy atom. The Kier molecular flexibility index (Phi) is 5.23. The smallest absolute Gasteiger partial charge is 0.144 e. The van der Waals surface area contributed by atoms with Crippen molar-refractivity contribution < 1.29 is 4.42 Å². The molecule has 0 saturated heterocycles. The maximum Gasteiger partial charge on any atom is 0.144 e. The largest absolute Gasteiger partial charge is 0.455 e. The second-order valence-corrected chi connectivity index (χ2v) is 11.1. The van der Waals surface area contributed by atoms with Crippen molar-refractivity contribution in [3.63, 3.8) is 0 Å². The first kappa shape index (κ1) is 23.9. The lowest BCUT2D eigenvalue weighted by atomic mass is 10.0. The van der Waals surface area contributed by atoms with Crippen LogP contribution in [0.2, 0.25) is 0 Å². The van der Waals surface area contributed by atoms with Crippen molar-refractivity contribution in [2.45, 2.75) is 6.17 Å². The van der Waals surface area contributed by atoms with Crippen molar-refractivity contribution in [2.24, 2.45) is 0 Å². The van der Waals surface area contributed by atoms with Crippen molar-refractivity contribution in [3.05, 3.63) is 163 Å². The van der Waals surface area contributed by atoms with Gasteiger partial charge in [0.25, 0.3) is 0 Å². The molecular weight excluding hydrogens is 526 g/mol. The number of hydrogen-bond acceptors (Lipinski definition) is 3. The summed E-state index contributed by atoms with van der Waals surface area (Å²) in [5, 5.41) is 7.19. The fraction of sp³-hybridized carbons (Fsp3) is 0.0256. The lowest BCUT2D eigenvalue weighted by Crippen LogP contribution is -2.32. The van der Waals surface area contributed by atoms with Crippen LogP contribution in [0, 0.1) is 0 Å². The molecule has 1 N–H and O–H groups in total. The number of allylic oxidation sites excluding steroid dienone is 2. The summed E-state index contributed by atoms with van der Waals surface area (Å²) in [7, 11) is 0. The quantitative estimate of drug-likeness (QED) is 0.236. The Morgan fingerprint density at radius 1 is 0.628 bits per heavy atom. The molecule has 7 aromatic rings. The summed E-state index contributed by atoms with van der Waals surface area (Å²) >= 11 is 0. The molecule has 0 bridgehead atoms. The highest BCUT2D eigenvalue weighted by molar-refractivity contribution is 6.20. The van der Waals surface area contributed by atoms with E-state index in [9.17, 15) is 0 Å². The highest BCUT2D eigenvalue weighted by Crippen LogP contribution is 2.41. The van der Waals surface area contributed by atoms with Crippen LogP contribution < -0.4 is 5.32 Å². The highest BCUT2D eigenvalue weighted by Gasteiger charge is 2.31. The van der Waals surface area contributed by atoms with E-state index in [-0.39, 0.29) is 6.17 Å². The fourth-order valence-corrected chi connectivity index (χ4v) is 6.63. The summed E-state index contributed by atoms with van der Waals surface area (Å²) in [4.78, 5) is 2.31. The molecule has 0 aliphatic carbocycles. The number of aromatic nitrogens is 1. The van der Waals surface area contributed by atoms with Crippen LogP contribution in [0.3, 0.4) is 0 Å². The van der Waals surface area contributed by atoms with E-state index in [0.29, 0.717) is 0 Å². The fourth-order valence-electron chi connectivity index (χ4n) is 6.63. The summed E-state index contributed by atoms with van der Waals surface area (Å²) < 4.78 is 8.92. The zero-order valence-corrected chi connectivity index (χ0v) is 23.3. The Hall–Kier alpha value is -5.74. The first-order chi connectivity index (χ1) is 21.3. The first-order valence-electron chi connectivity index (χ1n) is 14.6. The van der Waals surface area contributed by atoms with Crippen molar-refractivity contribution in [3.8, 4) is 17.0 Å². The minimum atomic E-state index is 0.101. The van der Waals surface area contributed by atoms with Crippen LogP contribution in [0.4, 0.5) is 0 Å². The van der Waals surface area contributed by atoms with Crippen LogP contribution >= 0.6 is 0 Å². The molecule has 0 fully saturated rings. The molecule has 0 spiro atoms. The van der Waals surface area contributed by atoms with Gasteiger partial charge >= 0.3 is 0 Å². The van der Waals surface area contributed by atoms with Crippen LogP contribution in [0.1, 0.15) is 11.1 Å². The van der Waals surface area contributed by atoms with E-state index in [2.05, 4.69) is 148 Å². The molecule has 0 radical (unpaired) electrons. The average Bonchev–Trinajstić information content (AvgIpc) is 3.77. The zero-order chi connectivity index (χ0) is 28.3. The molecule has 0 amide bonds. The van der Waals surface area contributed by atoms with Gasteiger partial charge in [0, 0.05) is 33.8 Å². The summed E-state index contributed by atoms with van der Waals surface area (Å²) in [6.07, 6.45) is 8.64. The molecule has 1 unspecified atom stereocenters. The van der Waals surface area contributed by atoms with E-state index in [1.54, 1.807) is 0 Å². The monoisotopic (exact) mass is 553 g/mol. The number of rotatable bonds is 4. The molecule has 43 heavy (non-hydrogen) atoms. The van der Waals surface area contributed by atoms with Gasteiger partial charge in [-0.05, 0) is 54.1 Å². The van der Waals surface area contributed by atoms with E-state index < -0.39 is 0 Å². The predicted molar refractivity (Wildman–Crippen MR) is 176 cm³/mol. The van der Waals surface area contributed by atoms with Crippen LogP contribution in [0.5, 0.6) is 0 Å². The Morgan fingerprint density at radius 2 is 1.37 bits per heavy atom. The zero-order valence-electron chi connectivity index (χ0n) is 23.3. The Balaban J connectivity index is 1.20. The van der Waals surface area contributed by atoms with Crippen molar-refractivity contribution >= 4 is 44.2 Å². The van der Waals surface area contributed by atoms with E-state index >= 15 is 0 Å². The molecule has 9 rings (SSSR count). The number of benzene rings is 5. The molecule has 1 atom stereocenters. The minimum absolute atomic E-state index is 0.101. The molecule has 4 heterocycles. The number of nitrogens with one attached hydrogen (secondary N) is 1. The summed E-state index contributed by atoms with van der Waals surface area (Å²) in [6, 6.07) is 45.0. The third-order valence-electron chi connectivity index (χ3n) is 8.58. The van der Waals surface area contributed by atoms with Gasteiger partial charge in [0.15, 0.2) is 0 Å². The molecule has 4 nitrogen and oxygen atoms in total. The van der Waals surface area contributed by atoms with Gasteiger partial charge in [-0.15, -0.1) is 0 Å². The molecule has 5 aromatic carbocycles. The Labute approximate surface area is 249 Å². The van der Waals surface area contributed by atoms with E-state index in [1.807, 2.05) is 18.2 Å². The van der Waals surface area contributed by atoms with E-state index in [4.69, 9.17) is 4.42 Å². The van der Waals surface area contributed by atoms with Gasteiger partial charge in [0.05, 0.1) is 27.8 Å². The van der Waals surface area contributed by atoms with E-state index in [1.165, 1.54) is 16.6 Å². The van der Waals surface area contributed by atoms with Gasteiger partial charge in [-0.25, -0.2) is 0 Å². The molecule has 4 heteroatoms. The number of fused-ring (bicyclic) bond motifs is 6. The SMILES string of the molecule is C1=CC2NC(c3ccc(-n4c5ccccc5c5c6oc(-c7ccccc7)cc6ccc54)cc3)=C(c3ccccc3)N2C=C1. The summed E-state index contributed by atoms with van der Waals surface area (Å²) in [5.41, 5.74) is 10.1. The minimum Gasteiger partial charge on any atom is -0.455 e. The van der Waals surface area contributed by atoms with Gasteiger partial charge in [0.1, 0.15) is 17.5 Å². The molecule has 2 aliphatic heterocycles. The predicted octanol–water partition coefficient (Wildman–Crippen LogP) is 9.34. The van der Waals surface area contributed by atoms with Crippen molar-refractivity contribution in [1.29, 1.82) is 0 Å². The number of para-hydroxylation sites is 1. The Bertz CT molecular complexity index is 2250. The second kappa shape index (κ2) is 9.40. The topological polar surface area (TPSA) is 33.3 Å². The number of hydrogen-bond donors (Lipinski definition) is 1. The van der Waals surface area contributed by atoms with Crippen LogP contribution in [-0.4, -0.2) is 15.6 Å². The van der Waals surface area contributed by atoms with Crippen LogP contribution in [0.15, 0.2) is 156 Å². The standard InChI is InChI=1S/C39H27N3O/c1-3-11-26(12-4-1)34-25-29-20-23-33-36(39(29)43-34)31-15-7-8-16-32(31)42(33)30-21-18-27(19-22-30)37-38(28-13-5-2-6-14-28)41-24-10-9-17-35(41)40-37/h1-25,35,40H. The molecule has 204 valence electrons. The maximum atomic E-state index is 6.57. The normalized spacial score (nSPS) is 16.0. The van der Waals surface area contributed by atoms with Gasteiger partial charge in [-0.1, -0.05) is 97.1 Å². The van der Waals surface area contributed by atoms with Crippen molar-refractivity contribution in [1.82, 2.24) is 14.8 Å². The third kappa shape index (κ3) is 3.70. The van der Waals surface area contributed by atoms with Crippen molar-refractivity contribution in [2.75, 3.05) is 0 Å². The maximum absolute atomic E-state index is 6.57. The number of nitrogens with zero attached hydrogens (tertiary/aromatic N) is 2. The lowest BCUT2D eigenvalue weighted by molar-refractivity contribution is 0.443. The first-order valence-corrected chi connectivity index (χ1v) is 14.6. The third-order valence-corrected chi connectivity index (χ3v) is 8.58. The second-order valence-electron chi connectivity index (χ2n) is 11.1. The number of furan rings is 1. The van der Waals surface area contributed by atoms with Gasteiger partial charge in [-0.2, -0.15) is 0 Å². The van der Waals surface area contributed by atoms with Crippen LogP contribution in [0.25, 0.3) is 61.2 Å². The van der Waals surface area contributed by atoms with Crippen LogP contribution in [-0.2, 0) is 0 Å². The molecule has 2 aliphatic rings. The lowest BCUT2D eigenvalue weighted by Gasteiger charge is -2.25. The van der Waals surface area contributed by atoms with Gasteiger partial charge < -0.3 is 19.2 Å². The summed E-state index contributed by atoms with van der Waals surface area (Å²) in [6.45, 7) is 0. The van der Waals surface area contributed by atoms with E-state index in [0.717, 1.165) is 55.7 Å². The summed E-state index contributed by atoms with van der Waals surface area (Å²) in [5.74, 6) is 0.886. The molecular formula is C39H27N3O. The molecule has 0 saturated carbocycles. The molecule has 2 aromatic heterocycles. The van der Waals surface area contributed by atoms with Gasteiger partial charge in [0.2, 0.25) is 0 Å². The highest BCUT2D eigenvalue weighted by atomic mass is 16.3.